The number of carbonyl (C=O) groups excluding carboxylic acids is 1. The van der Waals surface area contributed by atoms with Crippen molar-refractivity contribution in [3.05, 3.63) is 0 Å². The summed E-state index contributed by atoms with van der Waals surface area (Å²) in [4.78, 5) is 11.3. The van der Waals surface area contributed by atoms with E-state index in [2.05, 4.69) is 26.1 Å². The van der Waals surface area contributed by atoms with Gasteiger partial charge in [0.15, 0.2) is 0 Å². The van der Waals surface area contributed by atoms with Gasteiger partial charge < -0.3 is 18.6 Å². The molecule has 0 aliphatic rings. The van der Waals surface area contributed by atoms with E-state index in [9.17, 15) is 4.79 Å². The summed E-state index contributed by atoms with van der Waals surface area (Å²) in [5.41, 5.74) is 0. The Morgan fingerprint density at radius 2 is 1.35 bits per heavy atom. The predicted octanol–water partition coefficient (Wildman–Crippen LogP) is 2.73. The number of hydrogen-bond donors (Lipinski definition) is 1. The molecule has 0 heterocycles. The second-order valence-electron chi connectivity index (χ2n) is 4.68. The molecule has 0 unspecified atom stereocenters. The van der Waals surface area contributed by atoms with E-state index in [-0.39, 0.29) is 5.91 Å². The van der Waals surface area contributed by atoms with E-state index >= 15 is 0 Å². The Hall–Kier alpha value is -0.433. The molecular weight excluding hydrogens is 274 g/mol. The Morgan fingerprint density at radius 3 is 1.70 bits per heavy atom. The van der Waals surface area contributed by atoms with Gasteiger partial charge in [-0.1, -0.05) is 27.7 Å². The fourth-order valence-corrected chi connectivity index (χ4v) is 4.25. The molecular formula is C14H31NO4Si. The summed E-state index contributed by atoms with van der Waals surface area (Å²) in [5.74, 6) is 0.0503. The van der Waals surface area contributed by atoms with E-state index < -0.39 is 8.80 Å². The van der Waals surface area contributed by atoms with Crippen molar-refractivity contribution in [2.45, 2.75) is 59.4 Å². The first-order valence-corrected chi connectivity index (χ1v) is 9.75. The largest absolute Gasteiger partial charge is 0.502 e. The average Bonchev–Trinajstić information content (AvgIpc) is 2.48. The van der Waals surface area contributed by atoms with Crippen molar-refractivity contribution in [2.75, 3.05) is 26.4 Å². The first kappa shape index (κ1) is 19.6. The van der Waals surface area contributed by atoms with Gasteiger partial charge in [-0.15, -0.1) is 0 Å². The summed E-state index contributed by atoms with van der Waals surface area (Å²) >= 11 is 0. The van der Waals surface area contributed by atoms with Crippen molar-refractivity contribution in [1.82, 2.24) is 5.32 Å². The Bertz CT molecular complexity index is 230. The molecule has 0 atom stereocenters. The molecule has 1 amide bonds. The summed E-state index contributed by atoms with van der Waals surface area (Å²) < 4.78 is 17.8. The smallest absolute Gasteiger partial charge is 0.373 e. The average molecular weight is 305 g/mol. The Morgan fingerprint density at radius 1 is 0.900 bits per heavy atom. The maximum atomic E-state index is 11.3. The van der Waals surface area contributed by atoms with Crippen LogP contribution in [0.1, 0.15) is 53.4 Å². The SMILES string of the molecule is CCCO[Si](CCNC(=O)CC)(OCCC)OCCC. The third-order valence-electron chi connectivity index (χ3n) is 2.65. The zero-order valence-electron chi connectivity index (χ0n) is 13.5. The molecule has 0 aliphatic heterocycles. The van der Waals surface area contributed by atoms with Crippen LogP contribution >= 0.6 is 0 Å². The quantitative estimate of drug-likeness (QED) is 0.532. The van der Waals surface area contributed by atoms with Crippen LogP contribution in [0.25, 0.3) is 0 Å². The molecule has 0 saturated heterocycles. The molecule has 6 heteroatoms. The van der Waals surface area contributed by atoms with Gasteiger partial charge in [-0.25, -0.2) is 0 Å². The minimum atomic E-state index is -2.65. The van der Waals surface area contributed by atoms with E-state index in [1.165, 1.54) is 0 Å². The molecule has 0 spiro atoms. The molecule has 0 radical (unpaired) electrons. The highest BCUT2D eigenvalue weighted by Gasteiger charge is 2.40. The molecule has 1 N–H and O–H groups in total. The Kier molecular flexibility index (Phi) is 12.1. The molecule has 0 saturated carbocycles. The molecule has 0 aromatic heterocycles. The van der Waals surface area contributed by atoms with Crippen LogP contribution in [0, 0.1) is 0 Å². The van der Waals surface area contributed by atoms with Crippen LogP contribution in [0.2, 0.25) is 6.04 Å². The second kappa shape index (κ2) is 12.3. The van der Waals surface area contributed by atoms with Crippen molar-refractivity contribution in [1.29, 1.82) is 0 Å². The lowest BCUT2D eigenvalue weighted by Gasteiger charge is -2.29. The third kappa shape index (κ3) is 8.68. The summed E-state index contributed by atoms with van der Waals surface area (Å²) in [6.45, 7) is 10.5. The van der Waals surface area contributed by atoms with Crippen LogP contribution in [0.3, 0.4) is 0 Å². The van der Waals surface area contributed by atoms with Gasteiger partial charge in [0.2, 0.25) is 5.91 Å². The normalized spacial score (nSPS) is 11.6. The van der Waals surface area contributed by atoms with Gasteiger partial charge >= 0.3 is 8.80 Å². The lowest BCUT2D eigenvalue weighted by molar-refractivity contribution is -0.120. The van der Waals surface area contributed by atoms with Crippen LogP contribution in [-0.4, -0.2) is 41.1 Å². The third-order valence-corrected chi connectivity index (χ3v) is 5.45. The summed E-state index contributed by atoms with van der Waals surface area (Å²) in [6.07, 6.45) is 3.29. The second-order valence-corrected chi connectivity index (χ2v) is 7.41. The van der Waals surface area contributed by atoms with E-state index in [0.717, 1.165) is 19.3 Å². The summed E-state index contributed by atoms with van der Waals surface area (Å²) in [6, 6.07) is 0.638. The first-order chi connectivity index (χ1) is 9.64. The molecule has 20 heavy (non-hydrogen) atoms. The van der Waals surface area contributed by atoms with Crippen molar-refractivity contribution >= 4 is 14.7 Å². The maximum Gasteiger partial charge on any atom is 0.502 e. The molecule has 0 fully saturated rings. The van der Waals surface area contributed by atoms with Gasteiger partial charge in [0.05, 0.1) is 0 Å². The lowest BCUT2D eigenvalue weighted by Crippen LogP contribution is -2.48. The summed E-state index contributed by atoms with van der Waals surface area (Å²) in [5, 5.41) is 2.87. The molecule has 0 aromatic rings. The van der Waals surface area contributed by atoms with Crippen molar-refractivity contribution in [3.63, 3.8) is 0 Å². The van der Waals surface area contributed by atoms with Crippen LogP contribution < -0.4 is 5.32 Å². The van der Waals surface area contributed by atoms with Crippen molar-refractivity contribution in [3.8, 4) is 0 Å². The number of hydrogen-bond acceptors (Lipinski definition) is 4. The maximum absolute atomic E-state index is 11.3. The molecule has 0 rings (SSSR count). The number of amides is 1. The minimum absolute atomic E-state index is 0.0503. The van der Waals surface area contributed by atoms with Gasteiger partial charge in [0, 0.05) is 38.8 Å². The summed E-state index contributed by atoms with van der Waals surface area (Å²) in [7, 11) is -2.65. The number of carbonyl (C=O) groups is 1. The van der Waals surface area contributed by atoms with Crippen molar-refractivity contribution in [2.24, 2.45) is 0 Å². The van der Waals surface area contributed by atoms with E-state index in [1.54, 1.807) is 0 Å². The topological polar surface area (TPSA) is 56.8 Å². The predicted molar refractivity (Wildman–Crippen MR) is 82.6 cm³/mol. The van der Waals surface area contributed by atoms with Gasteiger partial charge in [0.25, 0.3) is 0 Å². The van der Waals surface area contributed by atoms with Gasteiger partial charge in [0.1, 0.15) is 0 Å². The highest BCUT2D eigenvalue weighted by Crippen LogP contribution is 2.17. The Balaban J connectivity index is 4.52. The van der Waals surface area contributed by atoms with Crippen molar-refractivity contribution < 1.29 is 18.1 Å². The molecule has 0 aliphatic carbocycles. The van der Waals surface area contributed by atoms with Gasteiger partial charge in [-0.2, -0.15) is 0 Å². The van der Waals surface area contributed by atoms with Crippen LogP contribution in [0.5, 0.6) is 0 Å². The van der Waals surface area contributed by atoms with Crippen LogP contribution in [-0.2, 0) is 18.1 Å². The van der Waals surface area contributed by atoms with Gasteiger partial charge in [-0.05, 0) is 19.3 Å². The zero-order chi connectivity index (χ0) is 15.3. The van der Waals surface area contributed by atoms with E-state index in [0.29, 0.717) is 38.8 Å². The lowest BCUT2D eigenvalue weighted by atomic mass is 10.4. The molecule has 5 nitrogen and oxygen atoms in total. The van der Waals surface area contributed by atoms with E-state index in [4.69, 9.17) is 13.3 Å². The minimum Gasteiger partial charge on any atom is -0.373 e. The van der Waals surface area contributed by atoms with Crippen LogP contribution in [0.15, 0.2) is 0 Å². The Labute approximate surface area is 124 Å². The van der Waals surface area contributed by atoms with Gasteiger partial charge in [-0.3, -0.25) is 4.79 Å². The monoisotopic (exact) mass is 305 g/mol. The number of rotatable bonds is 13. The van der Waals surface area contributed by atoms with E-state index in [1.807, 2.05) is 6.92 Å². The highest BCUT2D eigenvalue weighted by atomic mass is 28.4. The zero-order valence-corrected chi connectivity index (χ0v) is 14.5. The molecule has 0 bridgehead atoms. The highest BCUT2D eigenvalue weighted by molar-refractivity contribution is 6.60. The number of nitrogens with one attached hydrogen (secondary N) is 1. The first-order valence-electron chi connectivity index (χ1n) is 7.82. The molecule has 0 aromatic carbocycles. The standard InChI is InChI=1S/C14H31NO4Si/c1-5-10-17-20(18-11-6-2,19-12-7-3)13-9-15-14(16)8-4/h5-13H2,1-4H3,(H,15,16). The van der Waals surface area contributed by atoms with Crippen LogP contribution in [0.4, 0.5) is 0 Å². The molecule has 120 valence electrons. The fourth-order valence-electron chi connectivity index (χ4n) is 1.59. The fraction of sp³-hybridized carbons (Fsp3) is 0.929.